The molecule has 0 amide bonds. The summed E-state index contributed by atoms with van der Waals surface area (Å²) in [5, 5.41) is 4.93. The molecule has 6 nitrogen and oxygen atoms in total. The van der Waals surface area contributed by atoms with Crippen molar-refractivity contribution >= 4 is 25.7 Å². The molecule has 0 heterocycles. The van der Waals surface area contributed by atoms with Gasteiger partial charge in [-0.15, -0.1) is 0 Å². The summed E-state index contributed by atoms with van der Waals surface area (Å²) in [6, 6.07) is 6.65. The molecule has 22 heavy (non-hydrogen) atoms. The van der Waals surface area contributed by atoms with Crippen LogP contribution in [0.3, 0.4) is 0 Å². The third-order valence-corrected chi connectivity index (χ3v) is 4.92. The number of benzene rings is 2. The number of halogens is 2. The second-order valence-corrected chi connectivity index (χ2v) is 7.47. The number of hydrogen-bond donors (Lipinski definition) is 2. The Morgan fingerprint density at radius 2 is 1.64 bits per heavy atom. The van der Waals surface area contributed by atoms with Crippen LogP contribution >= 0.6 is 0 Å². The number of anilines is 1. The predicted octanol–water partition coefficient (Wildman–Crippen LogP) is 1.41. The average Bonchev–Trinajstić information content (AvgIpc) is 2.36. The monoisotopic (exact) mass is 348 g/mol. The Kier molecular flexibility index (Phi) is 4.18. The van der Waals surface area contributed by atoms with Gasteiger partial charge in [-0.3, -0.25) is 4.72 Å². The van der Waals surface area contributed by atoms with E-state index in [9.17, 15) is 25.6 Å². The Morgan fingerprint density at radius 1 is 0.955 bits per heavy atom. The molecule has 118 valence electrons. The van der Waals surface area contributed by atoms with Crippen molar-refractivity contribution in [2.24, 2.45) is 5.14 Å². The van der Waals surface area contributed by atoms with Crippen LogP contribution < -0.4 is 9.86 Å². The van der Waals surface area contributed by atoms with Crippen LogP contribution in [-0.2, 0) is 20.0 Å². The van der Waals surface area contributed by atoms with E-state index < -0.39 is 36.6 Å². The first-order valence-corrected chi connectivity index (χ1v) is 8.73. The van der Waals surface area contributed by atoms with Gasteiger partial charge in [0.15, 0.2) is 0 Å². The Bertz CT molecular complexity index is 928. The highest BCUT2D eigenvalue weighted by molar-refractivity contribution is 7.92. The van der Waals surface area contributed by atoms with Crippen LogP contribution in [0.1, 0.15) is 0 Å². The Morgan fingerprint density at radius 3 is 2.23 bits per heavy atom. The van der Waals surface area contributed by atoms with Crippen LogP contribution in [0.2, 0.25) is 0 Å². The van der Waals surface area contributed by atoms with E-state index >= 15 is 0 Å². The summed E-state index contributed by atoms with van der Waals surface area (Å²) in [4.78, 5) is -1.08. The quantitative estimate of drug-likeness (QED) is 0.871. The molecule has 0 spiro atoms. The lowest BCUT2D eigenvalue weighted by Crippen LogP contribution is -2.16. The molecule has 0 fully saturated rings. The first-order chi connectivity index (χ1) is 10.1. The summed E-state index contributed by atoms with van der Waals surface area (Å²) in [6.45, 7) is 0. The van der Waals surface area contributed by atoms with Crippen LogP contribution in [0.25, 0.3) is 0 Å². The summed E-state index contributed by atoms with van der Waals surface area (Å²) in [5.41, 5.74) is -0.129. The molecule has 2 rings (SSSR count). The number of nitrogens with two attached hydrogens (primary N) is 1. The fourth-order valence-electron chi connectivity index (χ4n) is 1.64. The van der Waals surface area contributed by atoms with Gasteiger partial charge in [-0.05, 0) is 30.3 Å². The van der Waals surface area contributed by atoms with Gasteiger partial charge in [0.2, 0.25) is 10.0 Å². The lowest BCUT2D eigenvalue weighted by Gasteiger charge is -2.09. The van der Waals surface area contributed by atoms with Gasteiger partial charge >= 0.3 is 0 Å². The minimum atomic E-state index is -4.35. The van der Waals surface area contributed by atoms with E-state index in [1.165, 1.54) is 18.2 Å². The highest BCUT2D eigenvalue weighted by Gasteiger charge is 2.20. The topological polar surface area (TPSA) is 106 Å². The molecular formula is C12H10F2N2O4S2. The highest BCUT2D eigenvalue weighted by atomic mass is 32.2. The SMILES string of the molecule is NS(=O)(=O)c1cccc(NS(=O)(=O)c2ccc(F)cc2F)c1. The molecule has 0 saturated carbocycles. The number of sulfonamides is 2. The van der Waals surface area contributed by atoms with Crippen molar-refractivity contribution in [3.05, 3.63) is 54.1 Å². The minimum absolute atomic E-state index is 0.129. The van der Waals surface area contributed by atoms with Crippen molar-refractivity contribution in [2.45, 2.75) is 9.79 Å². The van der Waals surface area contributed by atoms with Crippen molar-refractivity contribution in [3.8, 4) is 0 Å². The first-order valence-electron chi connectivity index (χ1n) is 5.70. The second kappa shape index (κ2) is 5.63. The van der Waals surface area contributed by atoms with Crippen LogP contribution in [0.15, 0.2) is 52.3 Å². The van der Waals surface area contributed by atoms with Crippen molar-refractivity contribution < 1.29 is 25.6 Å². The van der Waals surface area contributed by atoms with Crippen LogP contribution in [0, 0.1) is 11.6 Å². The molecule has 0 aliphatic rings. The van der Waals surface area contributed by atoms with E-state index in [1.807, 2.05) is 4.72 Å². The lowest BCUT2D eigenvalue weighted by atomic mass is 10.3. The first kappa shape index (κ1) is 16.3. The van der Waals surface area contributed by atoms with Gasteiger partial charge in [-0.1, -0.05) is 6.07 Å². The minimum Gasteiger partial charge on any atom is -0.279 e. The molecule has 0 saturated heterocycles. The van der Waals surface area contributed by atoms with Crippen molar-refractivity contribution in [2.75, 3.05) is 4.72 Å². The van der Waals surface area contributed by atoms with Crippen LogP contribution in [0.4, 0.5) is 14.5 Å². The molecule has 0 bridgehead atoms. The number of hydrogen-bond acceptors (Lipinski definition) is 4. The van der Waals surface area contributed by atoms with E-state index in [-0.39, 0.29) is 10.6 Å². The summed E-state index contributed by atoms with van der Waals surface area (Å²) in [5.74, 6) is -2.19. The van der Waals surface area contributed by atoms with E-state index in [2.05, 4.69) is 0 Å². The standard InChI is InChI=1S/C12H10F2N2O4S2/c13-8-4-5-12(11(14)6-8)22(19,20)16-9-2-1-3-10(7-9)21(15,17)18/h1-7,16H,(H2,15,17,18). The Balaban J connectivity index is 2.41. The summed E-state index contributed by atoms with van der Waals surface area (Å²) in [6.07, 6.45) is 0. The van der Waals surface area contributed by atoms with Gasteiger partial charge in [0.05, 0.1) is 10.6 Å². The third-order valence-electron chi connectivity index (χ3n) is 2.60. The van der Waals surface area contributed by atoms with E-state index in [1.54, 1.807) is 0 Å². The maximum Gasteiger partial charge on any atom is 0.264 e. The average molecular weight is 348 g/mol. The fourth-order valence-corrected chi connectivity index (χ4v) is 3.31. The number of nitrogens with one attached hydrogen (secondary N) is 1. The molecule has 10 heteroatoms. The van der Waals surface area contributed by atoms with Gasteiger partial charge < -0.3 is 0 Å². The van der Waals surface area contributed by atoms with Crippen molar-refractivity contribution in [1.29, 1.82) is 0 Å². The van der Waals surface area contributed by atoms with E-state index in [0.29, 0.717) is 6.07 Å². The van der Waals surface area contributed by atoms with E-state index in [4.69, 9.17) is 5.14 Å². The summed E-state index contributed by atoms with van der Waals surface area (Å²) in [7, 11) is -8.37. The number of primary sulfonamides is 1. The van der Waals surface area contributed by atoms with Gasteiger partial charge in [0.25, 0.3) is 10.0 Å². The maximum atomic E-state index is 13.5. The van der Waals surface area contributed by atoms with Gasteiger partial charge in [0, 0.05) is 6.07 Å². The van der Waals surface area contributed by atoms with Gasteiger partial charge in [0.1, 0.15) is 16.5 Å². The third kappa shape index (κ3) is 3.59. The normalized spacial score (nSPS) is 12.1. The second-order valence-electron chi connectivity index (χ2n) is 4.25. The summed E-state index contributed by atoms with van der Waals surface area (Å²) < 4.78 is 74.9. The zero-order valence-corrected chi connectivity index (χ0v) is 12.5. The molecular weight excluding hydrogens is 338 g/mol. The predicted molar refractivity (Wildman–Crippen MR) is 75.0 cm³/mol. The highest BCUT2D eigenvalue weighted by Crippen LogP contribution is 2.21. The molecule has 2 aromatic rings. The molecule has 0 radical (unpaired) electrons. The molecule has 0 aromatic heterocycles. The lowest BCUT2D eigenvalue weighted by molar-refractivity contribution is 0.551. The van der Waals surface area contributed by atoms with E-state index in [0.717, 1.165) is 18.2 Å². The molecule has 0 aliphatic carbocycles. The van der Waals surface area contributed by atoms with Gasteiger partial charge in [-0.25, -0.2) is 30.8 Å². The zero-order chi connectivity index (χ0) is 16.5. The van der Waals surface area contributed by atoms with Gasteiger partial charge in [-0.2, -0.15) is 0 Å². The van der Waals surface area contributed by atoms with Crippen molar-refractivity contribution in [1.82, 2.24) is 0 Å². The largest absolute Gasteiger partial charge is 0.279 e. The maximum absolute atomic E-state index is 13.5. The Hall–Kier alpha value is -2.04. The molecule has 0 aliphatic heterocycles. The van der Waals surface area contributed by atoms with Crippen LogP contribution in [0.5, 0.6) is 0 Å². The molecule has 3 N–H and O–H groups in total. The smallest absolute Gasteiger partial charge is 0.264 e. The summed E-state index contributed by atoms with van der Waals surface area (Å²) >= 11 is 0. The van der Waals surface area contributed by atoms with Crippen LogP contribution in [-0.4, -0.2) is 16.8 Å². The fraction of sp³-hybridized carbons (Fsp3) is 0. The number of rotatable bonds is 4. The zero-order valence-electron chi connectivity index (χ0n) is 10.8. The molecule has 0 unspecified atom stereocenters. The Labute approximate surface area is 125 Å². The molecule has 0 atom stereocenters. The molecule has 2 aromatic carbocycles. The van der Waals surface area contributed by atoms with Crippen molar-refractivity contribution in [3.63, 3.8) is 0 Å².